The number of benzene rings is 2. The molecule has 6 heteroatoms. The number of rotatable bonds is 7. The number of carbonyl (C=O) groups is 2. The molecule has 3 aromatic rings. The zero-order valence-electron chi connectivity index (χ0n) is 15.2. The summed E-state index contributed by atoms with van der Waals surface area (Å²) >= 11 is 0. The van der Waals surface area contributed by atoms with Crippen LogP contribution in [0.2, 0.25) is 0 Å². The first kappa shape index (κ1) is 18.4. The Kier molecular flexibility index (Phi) is 5.99. The molecule has 6 nitrogen and oxygen atoms in total. The quantitative estimate of drug-likeness (QED) is 0.678. The molecule has 0 saturated carbocycles. The molecule has 138 valence electrons. The summed E-state index contributed by atoms with van der Waals surface area (Å²) in [6, 6.07) is 17.1. The Bertz CT molecular complexity index is 902. The van der Waals surface area contributed by atoms with Crippen LogP contribution in [-0.4, -0.2) is 21.6 Å². The zero-order valence-corrected chi connectivity index (χ0v) is 15.2. The molecule has 2 amide bonds. The summed E-state index contributed by atoms with van der Waals surface area (Å²) in [7, 11) is 0. The topological polar surface area (TPSA) is 76.0 Å². The van der Waals surface area contributed by atoms with E-state index >= 15 is 0 Å². The van der Waals surface area contributed by atoms with Crippen LogP contribution in [0.25, 0.3) is 0 Å². The monoisotopic (exact) mass is 362 g/mol. The highest BCUT2D eigenvalue weighted by Gasteiger charge is 2.08. The van der Waals surface area contributed by atoms with Crippen LogP contribution in [0, 0.1) is 0 Å². The summed E-state index contributed by atoms with van der Waals surface area (Å²) < 4.78 is 1.86. The third-order valence-electron chi connectivity index (χ3n) is 4.21. The van der Waals surface area contributed by atoms with E-state index in [0.29, 0.717) is 25.2 Å². The van der Waals surface area contributed by atoms with E-state index in [1.165, 1.54) is 6.92 Å². The van der Waals surface area contributed by atoms with Crippen molar-refractivity contribution in [2.75, 3.05) is 0 Å². The molecule has 0 saturated heterocycles. The number of nitrogens with one attached hydrogen (secondary N) is 2. The van der Waals surface area contributed by atoms with Gasteiger partial charge < -0.3 is 10.6 Å². The second-order valence-corrected chi connectivity index (χ2v) is 6.26. The summed E-state index contributed by atoms with van der Waals surface area (Å²) in [6.07, 6.45) is 3.66. The molecule has 2 N–H and O–H groups in total. The number of aromatic nitrogens is 2. The van der Waals surface area contributed by atoms with Gasteiger partial charge in [0.25, 0.3) is 5.91 Å². The Morgan fingerprint density at radius 3 is 2.33 bits per heavy atom. The van der Waals surface area contributed by atoms with Crippen molar-refractivity contribution in [2.45, 2.75) is 26.6 Å². The zero-order chi connectivity index (χ0) is 19.1. The van der Waals surface area contributed by atoms with Gasteiger partial charge >= 0.3 is 0 Å². The first-order chi connectivity index (χ1) is 13.1. The average Bonchev–Trinajstić information content (AvgIpc) is 3.19. The van der Waals surface area contributed by atoms with E-state index in [1.807, 2.05) is 53.3 Å². The lowest BCUT2D eigenvalue weighted by molar-refractivity contribution is -0.119. The number of carbonyl (C=O) groups excluding carboxylic acids is 2. The van der Waals surface area contributed by atoms with Crippen LogP contribution in [0.5, 0.6) is 0 Å². The molecule has 27 heavy (non-hydrogen) atoms. The predicted octanol–water partition coefficient (Wildman–Crippen LogP) is 2.50. The molecule has 1 heterocycles. The molecule has 3 rings (SSSR count). The van der Waals surface area contributed by atoms with Crippen molar-refractivity contribution in [3.8, 4) is 0 Å². The van der Waals surface area contributed by atoms with E-state index in [9.17, 15) is 9.59 Å². The largest absolute Gasteiger partial charge is 0.352 e. The maximum atomic E-state index is 12.4. The standard InChI is InChI=1S/C21H22N4O2/c1-16(26)22-13-17-7-9-18(10-8-17)21(27)23-14-19-5-2-3-6-20(19)15-25-12-4-11-24-25/h2-12H,13-15H2,1H3,(H,22,26)(H,23,27). The van der Waals surface area contributed by atoms with Gasteiger partial charge in [0.15, 0.2) is 0 Å². The molecule has 0 unspecified atom stereocenters. The summed E-state index contributed by atoms with van der Waals surface area (Å²) in [5.41, 5.74) is 3.72. The fourth-order valence-corrected chi connectivity index (χ4v) is 2.73. The van der Waals surface area contributed by atoms with Crippen molar-refractivity contribution < 1.29 is 9.59 Å². The molecule has 0 aliphatic rings. The van der Waals surface area contributed by atoms with Gasteiger partial charge in [-0.3, -0.25) is 14.3 Å². The highest BCUT2D eigenvalue weighted by molar-refractivity contribution is 5.94. The third-order valence-corrected chi connectivity index (χ3v) is 4.21. The summed E-state index contributed by atoms with van der Waals surface area (Å²) in [6.45, 7) is 3.05. The van der Waals surface area contributed by atoms with Crippen molar-refractivity contribution >= 4 is 11.8 Å². The lowest BCUT2D eigenvalue weighted by Gasteiger charge is -2.11. The molecule has 0 atom stereocenters. The van der Waals surface area contributed by atoms with Gasteiger partial charge in [-0.25, -0.2) is 0 Å². The minimum Gasteiger partial charge on any atom is -0.352 e. The average molecular weight is 362 g/mol. The molecular weight excluding hydrogens is 340 g/mol. The fraction of sp³-hybridized carbons (Fsp3) is 0.190. The molecule has 0 aliphatic carbocycles. The summed E-state index contributed by atoms with van der Waals surface area (Å²) in [5, 5.41) is 9.93. The van der Waals surface area contributed by atoms with E-state index in [0.717, 1.165) is 16.7 Å². The Morgan fingerprint density at radius 2 is 1.67 bits per heavy atom. The summed E-state index contributed by atoms with van der Waals surface area (Å²) in [5.74, 6) is -0.208. The molecule has 0 bridgehead atoms. The highest BCUT2D eigenvalue weighted by Crippen LogP contribution is 2.11. The van der Waals surface area contributed by atoms with Crippen molar-refractivity contribution in [1.82, 2.24) is 20.4 Å². The molecule has 1 aromatic heterocycles. The second-order valence-electron chi connectivity index (χ2n) is 6.26. The number of hydrogen-bond donors (Lipinski definition) is 2. The van der Waals surface area contributed by atoms with Gasteiger partial charge in [-0.05, 0) is 34.9 Å². The molecule has 0 fully saturated rings. The van der Waals surface area contributed by atoms with Crippen molar-refractivity contribution in [3.63, 3.8) is 0 Å². The number of hydrogen-bond acceptors (Lipinski definition) is 3. The second kappa shape index (κ2) is 8.80. The number of nitrogens with zero attached hydrogens (tertiary/aromatic N) is 2. The highest BCUT2D eigenvalue weighted by atomic mass is 16.2. The lowest BCUT2D eigenvalue weighted by atomic mass is 10.1. The maximum Gasteiger partial charge on any atom is 0.251 e. The van der Waals surface area contributed by atoms with Crippen molar-refractivity contribution in [2.24, 2.45) is 0 Å². The fourth-order valence-electron chi connectivity index (χ4n) is 2.73. The van der Waals surface area contributed by atoms with E-state index in [2.05, 4.69) is 15.7 Å². The molecule has 0 radical (unpaired) electrons. The SMILES string of the molecule is CC(=O)NCc1ccc(C(=O)NCc2ccccc2Cn2cccn2)cc1. The Morgan fingerprint density at radius 1 is 0.926 bits per heavy atom. The predicted molar refractivity (Wildman–Crippen MR) is 103 cm³/mol. The first-order valence-corrected chi connectivity index (χ1v) is 8.77. The molecule has 0 spiro atoms. The van der Waals surface area contributed by atoms with Gasteiger partial charge in [-0.15, -0.1) is 0 Å². The van der Waals surface area contributed by atoms with Crippen LogP contribution in [0.4, 0.5) is 0 Å². The first-order valence-electron chi connectivity index (χ1n) is 8.77. The smallest absolute Gasteiger partial charge is 0.251 e. The van der Waals surface area contributed by atoms with Crippen LogP contribution < -0.4 is 10.6 Å². The maximum absolute atomic E-state index is 12.4. The Hall–Kier alpha value is -3.41. The van der Waals surface area contributed by atoms with E-state index in [-0.39, 0.29) is 11.8 Å². The summed E-state index contributed by atoms with van der Waals surface area (Å²) in [4.78, 5) is 23.4. The van der Waals surface area contributed by atoms with Gasteiger partial charge in [0, 0.05) is 38.0 Å². The van der Waals surface area contributed by atoms with Crippen LogP contribution in [-0.2, 0) is 24.4 Å². The van der Waals surface area contributed by atoms with E-state index in [1.54, 1.807) is 18.3 Å². The van der Waals surface area contributed by atoms with Crippen LogP contribution in [0.3, 0.4) is 0 Å². The van der Waals surface area contributed by atoms with Crippen LogP contribution in [0.15, 0.2) is 67.0 Å². The Balaban J connectivity index is 1.60. The van der Waals surface area contributed by atoms with Gasteiger partial charge in [-0.2, -0.15) is 5.10 Å². The van der Waals surface area contributed by atoms with Gasteiger partial charge in [0.2, 0.25) is 5.91 Å². The Labute approximate surface area is 158 Å². The van der Waals surface area contributed by atoms with Gasteiger partial charge in [-0.1, -0.05) is 36.4 Å². The van der Waals surface area contributed by atoms with Gasteiger partial charge in [0.05, 0.1) is 6.54 Å². The van der Waals surface area contributed by atoms with Crippen LogP contribution in [0.1, 0.15) is 34.0 Å². The third kappa shape index (κ3) is 5.28. The van der Waals surface area contributed by atoms with Gasteiger partial charge in [0.1, 0.15) is 0 Å². The minimum atomic E-state index is -0.130. The van der Waals surface area contributed by atoms with E-state index < -0.39 is 0 Å². The van der Waals surface area contributed by atoms with Crippen molar-refractivity contribution in [1.29, 1.82) is 0 Å². The van der Waals surface area contributed by atoms with Crippen molar-refractivity contribution in [3.05, 3.63) is 89.2 Å². The minimum absolute atomic E-state index is 0.0782. The molecular formula is C21H22N4O2. The normalized spacial score (nSPS) is 10.4. The molecule has 0 aliphatic heterocycles. The van der Waals surface area contributed by atoms with Crippen LogP contribution >= 0.6 is 0 Å². The lowest BCUT2D eigenvalue weighted by Crippen LogP contribution is -2.24. The number of amides is 2. The molecule has 2 aromatic carbocycles. The van der Waals surface area contributed by atoms with E-state index in [4.69, 9.17) is 0 Å².